The fraction of sp³-hybridized carbons (Fsp3) is 0.417. The first kappa shape index (κ1) is 12.5. The van der Waals surface area contributed by atoms with Gasteiger partial charge in [-0.2, -0.15) is 0 Å². The van der Waals surface area contributed by atoms with Gasteiger partial charge in [-0.3, -0.25) is 4.79 Å². The molecular weight excluding hydrogens is 208 g/mol. The number of hydrogen-bond donors (Lipinski definition) is 2. The Bertz CT molecular complexity index is 336. The number of aliphatic hydroxyl groups is 1. The zero-order valence-electron chi connectivity index (χ0n) is 9.06. The van der Waals surface area contributed by atoms with E-state index in [1.807, 2.05) is 0 Å². The first-order valence-electron chi connectivity index (χ1n) is 5.27. The number of aliphatic hydroxyl groups excluding tert-OH is 1. The lowest BCUT2D eigenvalue weighted by Crippen LogP contribution is -2.02. The summed E-state index contributed by atoms with van der Waals surface area (Å²) in [7, 11) is 0. The third-order valence-corrected chi connectivity index (χ3v) is 2.07. The highest BCUT2D eigenvalue weighted by molar-refractivity contribution is 5.70. The largest absolute Gasteiger partial charge is 0.494 e. The number of rotatable bonds is 7. The van der Waals surface area contributed by atoms with Gasteiger partial charge < -0.3 is 14.9 Å². The number of aliphatic carboxylic acids is 1. The average Bonchev–Trinajstić information content (AvgIpc) is 2.24. The van der Waals surface area contributed by atoms with Gasteiger partial charge in [0.2, 0.25) is 0 Å². The van der Waals surface area contributed by atoms with E-state index in [4.69, 9.17) is 14.9 Å². The van der Waals surface area contributed by atoms with Crippen molar-refractivity contribution in [3.63, 3.8) is 0 Å². The van der Waals surface area contributed by atoms with Crippen molar-refractivity contribution in [2.24, 2.45) is 0 Å². The molecular formula is C12H16O4. The highest BCUT2D eigenvalue weighted by Gasteiger charge is 2.01. The number of carboxylic acid groups (broad SMARTS) is 1. The number of hydrogen-bond acceptors (Lipinski definition) is 3. The zero-order valence-corrected chi connectivity index (χ0v) is 9.06. The van der Waals surface area contributed by atoms with E-state index < -0.39 is 5.97 Å². The number of carbonyl (C=O) groups is 1. The Morgan fingerprint density at radius 3 is 2.81 bits per heavy atom. The number of unbranched alkanes of at least 4 members (excludes halogenated alkanes) is 1. The lowest BCUT2D eigenvalue weighted by molar-refractivity contribution is -0.136. The molecule has 0 aliphatic rings. The van der Waals surface area contributed by atoms with Gasteiger partial charge in [-0.15, -0.1) is 0 Å². The summed E-state index contributed by atoms with van der Waals surface area (Å²) < 4.78 is 5.43. The molecule has 2 N–H and O–H groups in total. The lowest BCUT2D eigenvalue weighted by atomic mass is 10.1. The Morgan fingerprint density at radius 1 is 1.31 bits per heavy atom. The zero-order chi connectivity index (χ0) is 11.8. The molecule has 0 bridgehead atoms. The van der Waals surface area contributed by atoms with Gasteiger partial charge in [0.15, 0.2) is 0 Å². The predicted octanol–water partition coefficient (Wildman–Crippen LogP) is 1.47. The molecule has 1 aromatic rings. The Hall–Kier alpha value is -1.55. The topological polar surface area (TPSA) is 66.8 Å². The predicted molar refractivity (Wildman–Crippen MR) is 59.6 cm³/mol. The van der Waals surface area contributed by atoms with Crippen LogP contribution in [0.1, 0.15) is 18.4 Å². The first-order valence-corrected chi connectivity index (χ1v) is 5.27. The Labute approximate surface area is 94.5 Å². The van der Waals surface area contributed by atoms with Gasteiger partial charge in [0.25, 0.3) is 0 Å². The maximum atomic E-state index is 10.5. The standard InChI is InChI=1S/C12H16O4/c13-6-1-2-7-16-11-5-3-4-10(8-11)9-12(14)15/h3-5,8,13H,1-2,6-7,9H2,(H,14,15). The van der Waals surface area contributed by atoms with E-state index in [-0.39, 0.29) is 13.0 Å². The van der Waals surface area contributed by atoms with E-state index in [1.165, 1.54) is 0 Å². The van der Waals surface area contributed by atoms with Gasteiger partial charge in [-0.25, -0.2) is 0 Å². The fourth-order valence-electron chi connectivity index (χ4n) is 1.32. The minimum atomic E-state index is -0.850. The third kappa shape index (κ3) is 4.79. The van der Waals surface area contributed by atoms with Crippen LogP contribution >= 0.6 is 0 Å². The normalized spacial score (nSPS) is 10.1. The Morgan fingerprint density at radius 2 is 2.12 bits per heavy atom. The second-order valence-electron chi connectivity index (χ2n) is 3.50. The summed E-state index contributed by atoms with van der Waals surface area (Å²) in [4.78, 5) is 10.5. The van der Waals surface area contributed by atoms with Crippen LogP contribution in [0, 0.1) is 0 Å². The minimum absolute atomic E-state index is 0.00778. The van der Waals surface area contributed by atoms with Gasteiger partial charge >= 0.3 is 5.97 Å². The van der Waals surface area contributed by atoms with Crippen LogP contribution in [0.3, 0.4) is 0 Å². The second kappa shape index (κ2) is 6.85. The molecule has 0 radical (unpaired) electrons. The summed E-state index contributed by atoms with van der Waals surface area (Å²) in [5.41, 5.74) is 0.729. The molecule has 1 aromatic carbocycles. The van der Waals surface area contributed by atoms with Gasteiger partial charge in [-0.05, 0) is 30.5 Å². The first-order chi connectivity index (χ1) is 7.72. The molecule has 0 aromatic heterocycles. The van der Waals surface area contributed by atoms with Crippen molar-refractivity contribution >= 4 is 5.97 Å². The maximum Gasteiger partial charge on any atom is 0.307 e. The third-order valence-electron chi connectivity index (χ3n) is 2.07. The highest BCUT2D eigenvalue weighted by Crippen LogP contribution is 2.14. The summed E-state index contributed by atoms with van der Waals surface area (Å²) in [6.45, 7) is 0.708. The van der Waals surface area contributed by atoms with Crippen molar-refractivity contribution in [3.05, 3.63) is 29.8 Å². The van der Waals surface area contributed by atoms with Gasteiger partial charge in [-0.1, -0.05) is 12.1 Å². The van der Waals surface area contributed by atoms with Crippen molar-refractivity contribution in [2.75, 3.05) is 13.2 Å². The van der Waals surface area contributed by atoms with E-state index in [0.717, 1.165) is 18.4 Å². The maximum absolute atomic E-state index is 10.5. The molecule has 0 saturated heterocycles. The van der Waals surface area contributed by atoms with Crippen molar-refractivity contribution < 1.29 is 19.7 Å². The summed E-state index contributed by atoms with van der Waals surface area (Å²) in [5, 5.41) is 17.2. The van der Waals surface area contributed by atoms with Crippen molar-refractivity contribution in [3.8, 4) is 5.75 Å². The van der Waals surface area contributed by atoms with Crippen LogP contribution in [0.25, 0.3) is 0 Å². The van der Waals surface area contributed by atoms with Crippen LogP contribution in [0.2, 0.25) is 0 Å². The quantitative estimate of drug-likeness (QED) is 0.688. The van der Waals surface area contributed by atoms with Gasteiger partial charge in [0, 0.05) is 6.61 Å². The monoisotopic (exact) mass is 224 g/mol. The van der Waals surface area contributed by atoms with Crippen molar-refractivity contribution in [2.45, 2.75) is 19.3 Å². The van der Waals surface area contributed by atoms with E-state index in [0.29, 0.717) is 12.4 Å². The average molecular weight is 224 g/mol. The molecule has 0 aliphatic carbocycles. The molecule has 0 saturated carbocycles. The summed E-state index contributed by atoms with van der Waals surface area (Å²) in [5.74, 6) is -0.172. The van der Waals surface area contributed by atoms with Gasteiger partial charge in [0.05, 0.1) is 13.0 Å². The summed E-state index contributed by atoms with van der Waals surface area (Å²) in [6.07, 6.45) is 1.52. The van der Waals surface area contributed by atoms with Crippen LogP contribution in [-0.2, 0) is 11.2 Å². The molecule has 1 rings (SSSR count). The molecule has 0 heterocycles. The van der Waals surface area contributed by atoms with Crippen molar-refractivity contribution in [1.29, 1.82) is 0 Å². The highest BCUT2D eigenvalue weighted by atomic mass is 16.5. The minimum Gasteiger partial charge on any atom is -0.494 e. The molecule has 0 atom stereocenters. The lowest BCUT2D eigenvalue weighted by Gasteiger charge is -2.06. The van der Waals surface area contributed by atoms with Gasteiger partial charge in [0.1, 0.15) is 5.75 Å². The Balaban J connectivity index is 2.44. The molecule has 16 heavy (non-hydrogen) atoms. The fourth-order valence-corrected chi connectivity index (χ4v) is 1.32. The Kier molecular flexibility index (Phi) is 5.36. The summed E-state index contributed by atoms with van der Waals surface area (Å²) >= 11 is 0. The second-order valence-corrected chi connectivity index (χ2v) is 3.50. The molecule has 4 nitrogen and oxygen atoms in total. The van der Waals surface area contributed by atoms with Crippen LogP contribution in [0.4, 0.5) is 0 Å². The number of benzene rings is 1. The number of ether oxygens (including phenoxy) is 1. The van der Waals surface area contributed by atoms with Crippen molar-refractivity contribution in [1.82, 2.24) is 0 Å². The number of carboxylic acids is 1. The molecule has 0 unspecified atom stereocenters. The van der Waals surface area contributed by atoms with Crippen LogP contribution in [-0.4, -0.2) is 29.4 Å². The van der Waals surface area contributed by atoms with Crippen LogP contribution in [0.15, 0.2) is 24.3 Å². The molecule has 0 spiro atoms. The van der Waals surface area contributed by atoms with E-state index in [2.05, 4.69) is 0 Å². The molecule has 0 amide bonds. The molecule has 0 fully saturated rings. The smallest absolute Gasteiger partial charge is 0.307 e. The van der Waals surface area contributed by atoms with Crippen LogP contribution < -0.4 is 4.74 Å². The molecule has 4 heteroatoms. The molecule has 88 valence electrons. The molecule has 0 aliphatic heterocycles. The van der Waals surface area contributed by atoms with Crippen LogP contribution in [0.5, 0.6) is 5.75 Å². The van der Waals surface area contributed by atoms with E-state index in [9.17, 15) is 4.79 Å². The van der Waals surface area contributed by atoms with E-state index in [1.54, 1.807) is 24.3 Å². The SMILES string of the molecule is O=C(O)Cc1cccc(OCCCCO)c1. The van der Waals surface area contributed by atoms with E-state index >= 15 is 0 Å². The summed E-state index contributed by atoms with van der Waals surface area (Å²) in [6, 6.07) is 7.06.